The Morgan fingerprint density at radius 3 is 2.21 bits per heavy atom. The number of aryl methyl sites for hydroxylation is 2. The molecule has 0 aliphatic carbocycles. The van der Waals surface area contributed by atoms with E-state index in [4.69, 9.17) is 5.73 Å². The first-order valence-corrected chi connectivity index (χ1v) is 14.1. The van der Waals surface area contributed by atoms with Crippen LogP contribution >= 0.6 is 0 Å². The summed E-state index contributed by atoms with van der Waals surface area (Å²) in [5.41, 5.74) is 9.64. The third-order valence-electron chi connectivity index (χ3n) is 7.46. The van der Waals surface area contributed by atoms with Crippen LogP contribution in [0.2, 0.25) is 0 Å². The largest absolute Gasteiger partial charge is 0.365 e. The predicted octanol–water partition coefficient (Wildman–Crippen LogP) is 3.57. The van der Waals surface area contributed by atoms with E-state index in [9.17, 15) is 24.6 Å². The van der Waals surface area contributed by atoms with E-state index in [2.05, 4.69) is 21.7 Å². The van der Waals surface area contributed by atoms with Gasteiger partial charge in [-0.05, 0) is 72.4 Å². The van der Waals surface area contributed by atoms with Gasteiger partial charge in [-0.25, -0.2) is 0 Å². The summed E-state index contributed by atoms with van der Waals surface area (Å²) in [5.74, 6) is -7.43. The number of aliphatic hydroxyl groups is 2. The highest BCUT2D eigenvalue weighted by atomic mass is 16.5. The third-order valence-corrected chi connectivity index (χ3v) is 7.46. The molecule has 42 heavy (non-hydrogen) atoms. The molecule has 3 amide bonds. The Hall–Kier alpha value is -4.08. The van der Waals surface area contributed by atoms with Crippen molar-refractivity contribution in [1.82, 2.24) is 15.6 Å². The van der Waals surface area contributed by atoms with Crippen molar-refractivity contribution in [3.8, 4) is 11.1 Å². The molecule has 0 radical (unpaired) electrons. The SMILES string of the molecule is Cc1cc(CCC[C@@H](C(=O)N[C@H](C(=O)N[C@H](C)c2cccnc2)C(C)(C)C)C(O)(O)C(N)=O)ccc1-c1ccccc1. The Kier molecular flexibility index (Phi) is 10.6. The highest BCUT2D eigenvalue weighted by molar-refractivity contribution is 5.93. The number of hydrogen-bond donors (Lipinski definition) is 5. The van der Waals surface area contributed by atoms with Crippen LogP contribution in [0.25, 0.3) is 11.1 Å². The molecule has 3 atom stereocenters. The maximum absolute atomic E-state index is 13.5. The average Bonchev–Trinajstić information content (AvgIpc) is 2.94. The molecule has 0 saturated carbocycles. The summed E-state index contributed by atoms with van der Waals surface area (Å²) >= 11 is 0. The summed E-state index contributed by atoms with van der Waals surface area (Å²) in [6.45, 7) is 9.16. The lowest BCUT2D eigenvalue weighted by Gasteiger charge is -2.34. The summed E-state index contributed by atoms with van der Waals surface area (Å²) in [6.07, 6.45) is 4.11. The fourth-order valence-corrected chi connectivity index (χ4v) is 4.95. The molecule has 1 aromatic heterocycles. The Morgan fingerprint density at radius 2 is 1.64 bits per heavy atom. The van der Waals surface area contributed by atoms with E-state index < -0.39 is 40.9 Å². The first-order valence-electron chi connectivity index (χ1n) is 14.1. The number of pyridine rings is 1. The Balaban J connectivity index is 1.74. The highest BCUT2D eigenvalue weighted by Crippen LogP contribution is 2.28. The first kappa shape index (κ1) is 32.4. The predicted molar refractivity (Wildman–Crippen MR) is 162 cm³/mol. The number of hydrogen-bond acceptors (Lipinski definition) is 6. The van der Waals surface area contributed by atoms with Gasteiger partial charge >= 0.3 is 0 Å². The van der Waals surface area contributed by atoms with Crippen LogP contribution in [0.15, 0.2) is 73.1 Å². The second kappa shape index (κ2) is 13.7. The minimum absolute atomic E-state index is 0.0498. The number of carbonyl (C=O) groups excluding carboxylic acids is 3. The molecule has 9 heteroatoms. The van der Waals surface area contributed by atoms with Crippen molar-refractivity contribution in [1.29, 1.82) is 0 Å². The molecule has 3 rings (SSSR count). The van der Waals surface area contributed by atoms with E-state index in [1.54, 1.807) is 46.2 Å². The quantitative estimate of drug-likeness (QED) is 0.208. The van der Waals surface area contributed by atoms with Gasteiger partial charge in [-0.3, -0.25) is 19.4 Å². The molecule has 6 N–H and O–H groups in total. The summed E-state index contributed by atoms with van der Waals surface area (Å²) in [4.78, 5) is 42.9. The minimum atomic E-state index is -3.10. The Labute approximate surface area is 247 Å². The van der Waals surface area contributed by atoms with E-state index in [0.29, 0.717) is 12.8 Å². The van der Waals surface area contributed by atoms with Crippen molar-refractivity contribution in [3.63, 3.8) is 0 Å². The van der Waals surface area contributed by atoms with Crippen LogP contribution in [-0.4, -0.2) is 44.7 Å². The number of nitrogens with one attached hydrogen (secondary N) is 2. The van der Waals surface area contributed by atoms with Gasteiger partial charge in [-0.2, -0.15) is 0 Å². The topological polar surface area (TPSA) is 155 Å². The monoisotopic (exact) mass is 574 g/mol. The number of nitrogens with zero attached hydrogens (tertiary/aromatic N) is 1. The molecule has 1 heterocycles. The molecule has 3 aromatic rings. The molecular formula is C33H42N4O5. The van der Waals surface area contributed by atoms with Gasteiger partial charge in [0.15, 0.2) is 0 Å². The number of nitrogens with two attached hydrogens (primary N) is 1. The molecule has 0 saturated heterocycles. The first-order chi connectivity index (χ1) is 19.7. The third kappa shape index (κ3) is 8.24. The van der Waals surface area contributed by atoms with Crippen molar-refractivity contribution in [2.45, 2.75) is 71.8 Å². The second-order valence-corrected chi connectivity index (χ2v) is 11.9. The lowest BCUT2D eigenvalue weighted by Crippen LogP contribution is -2.60. The van der Waals surface area contributed by atoms with Crippen molar-refractivity contribution < 1.29 is 24.6 Å². The summed E-state index contributed by atoms with van der Waals surface area (Å²) in [7, 11) is 0. The van der Waals surface area contributed by atoms with Crippen molar-refractivity contribution >= 4 is 17.7 Å². The number of carbonyl (C=O) groups is 3. The van der Waals surface area contributed by atoms with Crippen LogP contribution in [-0.2, 0) is 20.8 Å². The standard InChI is InChI=1S/C33H42N4O5/c1-21-19-23(16-17-26(21)24-12-7-6-8-13-24)11-9-15-27(33(41,42)31(34)40)29(38)37-28(32(3,4)5)30(39)36-22(2)25-14-10-18-35-20-25/h6-8,10,12-14,16-20,22,27-28,41-42H,9,11,15H2,1-5H3,(H2,34,40)(H,36,39)(H,37,38)/t22-,27+,28-/m1/s1. The van der Waals surface area contributed by atoms with Crippen LogP contribution in [0.1, 0.15) is 63.3 Å². The average molecular weight is 575 g/mol. The van der Waals surface area contributed by atoms with E-state index in [0.717, 1.165) is 27.8 Å². The zero-order chi connectivity index (χ0) is 31.1. The van der Waals surface area contributed by atoms with Gasteiger partial charge in [-0.1, -0.05) is 75.4 Å². The molecule has 0 spiro atoms. The maximum atomic E-state index is 13.5. The molecule has 0 unspecified atom stereocenters. The number of benzene rings is 2. The number of amides is 3. The van der Waals surface area contributed by atoms with Crippen molar-refractivity contribution in [2.75, 3.05) is 0 Å². The normalized spacial score (nSPS) is 14.0. The van der Waals surface area contributed by atoms with E-state index in [1.807, 2.05) is 55.5 Å². The van der Waals surface area contributed by atoms with Crippen LogP contribution in [0.5, 0.6) is 0 Å². The molecule has 0 aliphatic heterocycles. The van der Waals surface area contributed by atoms with Gasteiger partial charge in [0, 0.05) is 12.4 Å². The van der Waals surface area contributed by atoms with E-state index in [-0.39, 0.29) is 12.5 Å². The van der Waals surface area contributed by atoms with Crippen LogP contribution in [0.4, 0.5) is 0 Å². The van der Waals surface area contributed by atoms with E-state index >= 15 is 0 Å². The fraction of sp³-hybridized carbons (Fsp3) is 0.394. The lowest BCUT2D eigenvalue weighted by atomic mass is 9.84. The summed E-state index contributed by atoms with van der Waals surface area (Å²) < 4.78 is 0. The molecule has 224 valence electrons. The highest BCUT2D eigenvalue weighted by Gasteiger charge is 2.46. The van der Waals surface area contributed by atoms with Gasteiger partial charge in [0.1, 0.15) is 12.0 Å². The molecular weight excluding hydrogens is 532 g/mol. The van der Waals surface area contributed by atoms with Crippen LogP contribution in [0, 0.1) is 18.3 Å². The summed E-state index contributed by atoms with van der Waals surface area (Å²) in [5, 5.41) is 26.7. The van der Waals surface area contributed by atoms with Gasteiger partial charge < -0.3 is 26.6 Å². The van der Waals surface area contributed by atoms with Gasteiger partial charge in [0.25, 0.3) is 11.7 Å². The van der Waals surface area contributed by atoms with Gasteiger partial charge in [0.2, 0.25) is 11.8 Å². The number of primary amides is 1. The zero-order valence-corrected chi connectivity index (χ0v) is 24.9. The molecule has 0 aliphatic rings. The molecule has 9 nitrogen and oxygen atoms in total. The van der Waals surface area contributed by atoms with Crippen LogP contribution < -0.4 is 16.4 Å². The minimum Gasteiger partial charge on any atom is -0.365 e. The fourth-order valence-electron chi connectivity index (χ4n) is 4.95. The summed E-state index contributed by atoms with van der Waals surface area (Å²) in [6, 6.07) is 18.3. The Bertz CT molecular complexity index is 1370. The molecule has 0 bridgehead atoms. The second-order valence-electron chi connectivity index (χ2n) is 11.9. The smallest absolute Gasteiger partial charge is 0.278 e. The number of aromatic nitrogens is 1. The van der Waals surface area contributed by atoms with E-state index in [1.165, 1.54) is 0 Å². The van der Waals surface area contributed by atoms with Crippen molar-refractivity contribution in [3.05, 3.63) is 89.7 Å². The van der Waals surface area contributed by atoms with Gasteiger partial charge in [0.05, 0.1) is 6.04 Å². The molecule has 2 aromatic carbocycles. The van der Waals surface area contributed by atoms with Gasteiger partial charge in [-0.15, -0.1) is 0 Å². The van der Waals surface area contributed by atoms with Crippen LogP contribution in [0.3, 0.4) is 0 Å². The Morgan fingerprint density at radius 1 is 0.952 bits per heavy atom. The zero-order valence-electron chi connectivity index (χ0n) is 24.9. The van der Waals surface area contributed by atoms with Crippen molar-refractivity contribution in [2.24, 2.45) is 17.1 Å². The molecule has 0 fully saturated rings. The lowest BCUT2D eigenvalue weighted by molar-refractivity contribution is -0.205. The maximum Gasteiger partial charge on any atom is 0.278 e. The number of rotatable bonds is 12.